The van der Waals surface area contributed by atoms with E-state index in [-0.39, 0.29) is 11.8 Å². The maximum atomic E-state index is 12.7. The van der Waals surface area contributed by atoms with E-state index in [0.29, 0.717) is 36.7 Å². The van der Waals surface area contributed by atoms with Crippen LogP contribution >= 0.6 is 0 Å². The van der Waals surface area contributed by atoms with Crippen LogP contribution in [0.4, 0.5) is 5.69 Å². The van der Waals surface area contributed by atoms with E-state index in [1.165, 1.54) is 7.11 Å². The third kappa shape index (κ3) is 3.11. The largest absolute Gasteiger partial charge is 0.497 e. The van der Waals surface area contributed by atoms with Crippen molar-refractivity contribution in [3.63, 3.8) is 0 Å². The first kappa shape index (κ1) is 18.5. The summed E-state index contributed by atoms with van der Waals surface area (Å²) in [5, 5.41) is 12.6. The predicted molar refractivity (Wildman–Crippen MR) is 96.6 cm³/mol. The molecule has 0 radical (unpaired) electrons. The minimum Gasteiger partial charge on any atom is -0.497 e. The topological polar surface area (TPSA) is 88.1 Å². The number of likely N-dealkylation sites (tertiary alicyclic amines) is 1. The SMILES string of the molecule is COc1ccc(NC(=O)C(C)N2C[C@@H]3CCC[C@@]3(C(=O)O)C2)c(OC)c1. The highest BCUT2D eigenvalue weighted by atomic mass is 16.5. The number of rotatable bonds is 6. The zero-order chi connectivity index (χ0) is 18.9. The molecule has 1 aromatic rings. The molecule has 2 fully saturated rings. The van der Waals surface area contributed by atoms with Crippen LogP contribution < -0.4 is 14.8 Å². The van der Waals surface area contributed by atoms with Crippen LogP contribution in [0, 0.1) is 11.3 Å². The fourth-order valence-electron chi connectivity index (χ4n) is 4.28. The lowest BCUT2D eigenvalue weighted by atomic mass is 9.81. The average molecular weight is 362 g/mol. The van der Waals surface area contributed by atoms with E-state index in [2.05, 4.69) is 5.32 Å². The van der Waals surface area contributed by atoms with Gasteiger partial charge in [0.05, 0.1) is 31.4 Å². The minimum absolute atomic E-state index is 0.130. The Kier molecular flexibility index (Phi) is 5.09. The molecule has 7 heteroatoms. The first-order valence-electron chi connectivity index (χ1n) is 8.91. The Morgan fingerprint density at radius 3 is 2.73 bits per heavy atom. The van der Waals surface area contributed by atoms with Crippen molar-refractivity contribution in [2.75, 3.05) is 32.6 Å². The number of nitrogens with zero attached hydrogens (tertiary/aromatic N) is 1. The fourth-order valence-corrected chi connectivity index (χ4v) is 4.28. The molecule has 3 rings (SSSR count). The number of nitrogens with one attached hydrogen (secondary N) is 1. The summed E-state index contributed by atoms with van der Waals surface area (Å²) in [7, 11) is 3.10. The zero-order valence-electron chi connectivity index (χ0n) is 15.4. The van der Waals surface area contributed by atoms with Gasteiger partial charge >= 0.3 is 5.97 Å². The number of carboxylic acid groups (broad SMARTS) is 1. The van der Waals surface area contributed by atoms with Crippen molar-refractivity contribution in [3.8, 4) is 11.5 Å². The quantitative estimate of drug-likeness (QED) is 0.807. The van der Waals surface area contributed by atoms with Gasteiger partial charge in [0.2, 0.25) is 5.91 Å². The van der Waals surface area contributed by atoms with Gasteiger partial charge in [0.15, 0.2) is 0 Å². The molecule has 3 atom stereocenters. The highest BCUT2D eigenvalue weighted by Crippen LogP contribution is 2.49. The number of carboxylic acids is 1. The van der Waals surface area contributed by atoms with E-state index < -0.39 is 17.4 Å². The summed E-state index contributed by atoms with van der Waals surface area (Å²) in [4.78, 5) is 26.5. The fraction of sp³-hybridized carbons (Fsp3) is 0.579. The monoisotopic (exact) mass is 362 g/mol. The Morgan fingerprint density at radius 2 is 2.12 bits per heavy atom. The third-order valence-electron chi connectivity index (χ3n) is 5.92. The Hall–Kier alpha value is -2.28. The van der Waals surface area contributed by atoms with Gasteiger partial charge in [-0.3, -0.25) is 14.5 Å². The second kappa shape index (κ2) is 7.15. The molecule has 1 heterocycles. The van der Waals surface area contributed by atoms with Crippen molar-refractivity contribution < 1.29 is 24.2 Å². The highest BCUT2D eigenvalue weighted by Gasteiger charge is 2.55. The van der Waals surface area contributed by atoms with Gasteiger partial charge in [0.1, 0.15) is 11.5 Å². The second-order valence-electron chi connectivity index (χ2n) is 7.21. The van der Waals surface area contributed by atoms with Crippen LogP contribution in [-0.4, -0.2) is 55.2 Å². The van der Waals surface area contributed by atoms with Crippen LogP contribution in [0.25, 0.3) is 0 Å². The normalized spacial score (nSPS) is 26.2. The maximum absolute atomic E-state index is 12.7. The van der Waals surface area contributed by atoms with Crippen LogP contribution in [0.15, 0.2) is 18.2 Å². The summed E-state index contributed by atoms with van der Waals surface area (Å²) >= 11 is 0. The van der Waals surface area contributed by atoms with Crippen LogP contribution in [0.3, 0.4) is 0 Å². The van der Waals surface area contributed by atoms with Gasteiger partial charge in [0, 0.05) is 19.2 Å². The van der Waals surface area contributed by atoms with E-state index in [1.54, 1.807) is 25.3 Å². The number of benzene rings is 1. The Morgan fingerprint density at radius 1 is 1.35 bits per heavy atom. The molecule has 2 aliphatic rings. The van der Waals surface area contributed by atoms with Crippen molar-refractivity contribution in [3.05, 3.63) is 18.2 Å². The first-order valence-corrected chi connectivity index (χ1v) is 8.91. The molecule has 1 unspecified atom stereocenters. The summed E-state index contributed by atoms with van der Waals surface area (Å²) in [6.07, 6.45) is 2.57. The number of aliphatic carboxylic acids is 1. The Balaban J connectivity index is 1.70. The summed E-state index contributed by atoms with van der Waals surface area (Å²) in [5.74, 6) is 0.389. The van der Waals surface area contributed by atoms with E-state index in [0.717, 1.165) is 12.8 Å². The van der Waals surface area contributed by atoms with Gasteiger partial charge < -0.3 is 19.9 Å². The number of ether oxygens (including phenoxy) is 2. The number of methoxy groups -OCH3 is 2. The summed E-state index contributed by atoms with van der Waals surface area (Å²) in [5.41, 5.74) is -0.121. The third-order valence-corrected chi connectivity index (χ3v) is 5.92. The molecule has 1 saturated carbocycles. The molecule has 7 nitrogen and oxygen atoms in total. The number of fused-ring (bicyclic) bond motifs is 1. The molecule has 0 spiro atoms. The number of hydrogen-bond donors (Lipinski definition) is 2. The number of carbonyl (C=O) groups excluding carboxylic acids is 1. The van der Waals surface area contributed by atoms with Crippen LogP contribution in [-0.2, 0) is 9.59 Å². The Bertz CT molecular complexity index is 707. The van der Waals surface area contributed by atoms with Crippen LogP contribution in [0.2, 0.25) is 0 Å². The van der Waals surface area contributed by atoms with Gasteiger partial charge in [-0.25, -0.2) is 0 Å². The summed E-state index contributed by atoms with van der Waals surface area (Å²) < 4.78 is 10.5. The van der Waals surface area contributed by atoms with Crippen LogP contribution in [0.1, 0.15) is 26.2 Å². The number of hydrogen-bond acceptors (Lipinski definition) is 5. The summed E-state index contributed by atoms with van der Waals surface area (Å²) in [6.45, 7) is 2.91. The molecule has 26 heavy (non-hydrogen) atoms. The molecule has 142 valence electrons. The lowest BCUT2D eigenvalue weighted by Gasteiger charge is -2.26. The molecule has 1 aliphatic heterocycles. The molecule has 1 amide bonds. The second-order valence-corrected chi connectivity index (χ2v) is 7.21. The molecule has 1 saturated heterocycles. The van der Waals surface area contributed by atoms with E-state index in [1.807, 2.05) is 11.8 Å². The van der Waals surface area contributed by atoms with Crippen molar-refractivity contribution in [1.82, 2.24) is 4.90 Å². The average Bonchev–Trinajstić information content (AvgIpc) is 3.19. The Labute approximate surface area is 153 Å². The van der Waals surface area contributed by atoms with Crippen molar-refractivity contribution in [2.45, 2.75) is 32.2 Å². The smallest absolute Gasteiger partial charge is 0.311 e. The molecule has 0 bridgehead atoms. The minimum atomic E-state index is -0.730. The standard InChI is InChI=1S/C19H26N2O5/c1-12(21-10-13-5-4-8-19(13,11-21)18(23)24)17(22)20-15-7-6-14(25-2)9-16(15)26-3/h6-7,9,12-13H,4-5,8,10-11H2,1-3H3,(H,20,22)(H,23,24)/t12?,13-,19+/m0/s1. The van der Waals surface area contributed by atoms with Gasteiger partial charge in [-0.05, 0) is 37.8 Å². The van der Waals surface area contributed by atoms with E-state index >= 15 is 0 Å². The summed E-state index contributed by atoms with van der Waals surface area (Å²) in [6, 6.07) is 4.78. The van der Waals surface area contributed by atoms with Crippen molar-refractivity contribution in [1.29, 1.82) is 0 Å². The van der Waals surface area contributed by atoms with Crippen molar-refractivity contribution >= 4 is 17.6 Å². The molecular formula is C19H26N2O5. The molecule has 2 N–H and O–H groups in total. The lowest BCUT2D eigenvalue weighted by Crippen LogP contribution is -2.43. The van der Waals surface area contributed by atoms with Gasteiger partial charge in [-0.2, -0.15) is 0 Å². The highest BCUT2D eigenvalue weighted by molar-refractivity contribution is 5.96. The molecule has 0 aromatic heterocycles. The van der Waals surface area contributed by atoms with E-state index in [4.69, 9.17) is 9.47 Å². The van der Waals surface area contributed by atoms with Crippen molar-refractivity contribution in [2.24, 2.45) is 11.3 Å². The number of anilines is 1. The van der Waals surface area contributed by atoms with E-state index in [9.17, 15) is 14.7 Å². The number of amides is 1. The predicted octanol–water partition coefficient (Wildman–Crippen LogP) is 2.22. The molecular weight excluding hydrogens is 336 g/mol. The van der Waals surface area contributed by atoms with Gasteiger partial charge in [-0.15, -0.1) is 0 Å². The maximum Gasteiger partial charge on any atom is 0.311 e. The van der Waals surface area contributed by atoms with Crippen LogP contribution in [0.5, 0.6) is 11.5 Å². The van der Waals surface area contributed by atoms with Gasteiger partial charge in [-0.1, -0.05) is 6.42 Å². The number of carbonyl (C=O) groups is 2. The molecule has 1 aliphatic carbocycles. The molecule has 1 aromatic carbocycles. The lowest BCUT2D eigenvalue weighted by molar-refractivity contribution is -0.149. The zero-order valence-corrected chi connectivity index (χ0v) is 15.4. The van der Waals surface area contributed by atoms with Gasteiger partial charge in [0.25, 0.3) is 0 Å². The first-order chi connectivity index (χ1) is 12.4.